The van der Waals surface area contributed by atoms with Crippen LogP contribution in [0, 0.1) is 6.92 Å². The number of amides is 2. The molecule has 0 aliphatic heterocycles. The number of rotatable bonds is 6. The van der Waals surface area contributed by atoms with E-state index in [1.807, 2.05) is 19.1 Å². The van der Waals surface area contributed by atoms with Crippen LogP contribution in [0.4, 0.5) is 0 Å². The molecule has 0 aromatic carbocycles. The van der Waals surface area contributed by atoms with Crippen molar-refractivity contribution in [1.82, 2.24) is 10.6 Å². The Labute approximate surface area is 105 Å². The highest BCUT2D eigenvalue weighted by Gasteiger charge is 2.04. The van der Waals surface area contributed by atoms with E-state index in [1.165, 1.54) is 0 Å². The zero-order chi connectivity index (χ0) is 12.7. The summed E-state index contributed by atoms with van der Waals surface area (Å²) in [5, 5.41) is 5.20. The summed E-state index contributed by atoms with van der Waals surface area (Å²) in [6.45, 7) is 2.48. The van der Waals surface area contributed by atoms with Gasteiger partial charge in [0.1, 0.15) is 17.4 Å². The second kappa shape index (κ2) is 6.96. The van der Waals surface area contributed by atoms with Crippen LogP contribution in [-0.4, -0.2) is 24.2 Å². The predicted octanol–water partition coefficient (Wildman–Crippen LogP) is 0.949. The monoisotopic (exact) mass is 258 g/mol. The molecule has 0 spiro atoms. The zero-order valence-electron chi connectivity index (χ0n) is 9.59. The third-order valence-electron chi connectivity index (χ3n) is 2.05. The van der Waals surface area contributed by atoms with Crippen molar-refractivity contribution in [1.29, 1.82) is 0 Å². The van der Waals surface area contributed by atoms with Crippen LogP contribution in [-0.2, 0) is 16.1 Å². The van der Waals surface area contributed by atoms with Gasteiger partial charge in [0.05, 0.1) is 6.54 Å². The van der Waals surface area contributed by atoms with Crippen LogP contribution < -0.4 is 10.6 Å². The molecule has 1 aromatic rings. The van der Waals surface area contributed by atoms with Crippen LogP contribution in [0.25, 0.3) is 0 Å². The third kappa shape index (κ3) is 5.40. The van der Waals surface area contributed by atoms with E-state index in [4.69, 9.17) is 16.0 Å². The number of aryl methyl sites for hydroxylation is 1. The minimum atomic E-state index is -0.277. The first-order valence-electron chi connectivity index (χ1n) is 5.26. The maximum atomic E-state index is 11.4. The molecule has 94 valence electrons. The Hall–Kier alpha value is -1.49. The number of carbonyl (C=O) groups is 2. The smallest absolute Gasteiger partial charge is 0.234 e. The number of hydrogen-bond donors (Lipinski definition) is 2. The summed E-state index contributed by atoms with van der Waals surface area (Å²) < 4.78 is 5.29. The molecule has 0 atom stereocenters. The van der Waals surface area contributed by atoms with E-state index in [1.54, 1.807) is 0 Å². The minimum absolute atomic E-state index is 0.0900. The molecular formula is C11H15ClN2O3. The molecule has 0 aliphatic rings. The van der Waals surface area contributed by atoms with Crippen molar-refractivity contribution >= 4 is 23.4 Å². The van der Waals surface area contributed by atoms with Crippen LogP contribution in [0.15, 0.2) is 16.5 Å². The number of hydrogen-bond acceptors (Lipinski definition) is 3. The number of halogens is 1. The lowest BCUT2D eigenvalue weighted by molar-refractivity contribution is -0.121. The molecular weight excluding hydrogens is 244 g/mol. The lowest BCUT2D eigenvalue weighted by Gasteiger charge is -2.04. The third-order valence-corrected chi connectivity index (χ3v) is 2.29. The fourth-order valence-corrected chi connectivity index (χ4v) is 1.31. The molecule has 0 radical (unpaired) electrons. The van der Waals surface area contributed by atoms with Gasteiger partial charge in [-0.25, -0.2) is 0 Å². The highest BCUT2D eigenvalue weighted by Crippen LogP contribution is 2.05. The van der Waals surface area contributed by atoms with Crippen molar-refractivity contribution in [3.8, 4) is 0 Å². The molecule has 0 unspecified atom stereocenters. The van der Waals surface area contributed by atoms with Gasteiger partial charge in [-0.1, -0.05) is 0 Å². The van der Waals surface area contributed by atoms with E-state index in [0.29, 0.717) is 12.3 Å². The molecule has 0 saturated heterocycles. The topological polar surface area (TPSA) is 71.3 Å². The average molecular weight is 259 g/mol. The SMILES string of the molecule is Cc1ccc(CNC(=O)CCNC(=O)CCl)o1. The van der Waals surface area contributed by atoms with Gasteiger partial charge >= 0.3 is 0 Å². The fraction of sp³-hybridized carbons (Fsp3) is 0.455. The quantitative estimate of drug-likeness (QED) is 0.747. The van der Waals surface area contributed by atoms with Crippen LogP contribution in [0.5, 0.6) is 0 Å². The summed E-state index contributed by atoms with van der Waals surface area (Å²) in [6, 6.07) is 3.65. The Morgan fingerprint density at radius 1 is 1.29 bits per heavy atom. The van der Waals surface area contributed by atoms with Crippen LogP contribution in [0.1, 0.15) is 17.9 Å². The lowest BCUT2D eigenvalue weighted by Crippen LogP contribution is -2.30. The Kier molecular flexibility index (Phi) is 5.56. The molecule has 1 aromatic heterocycles. The van der Waals surface area contributed by atoms with Crippen molar-refractivity contribution < 1.29 is 14.0 Å². The summed E-state index contributed by atoms with van der Waals surface area (Å²) in [7, 11) is 0. The van der Waals surface area contributed by atoms with Gasteiger partial charge in [-0.15, -0.1) is 11.6 Å². The number of alkyl halides is 1. The van der Waals surface area contributed by atoms with Gasteiger partial charge in [-0.3, -0.25) is 9.59 Å². The molecule has 5 nitrogen and oxygen atoms in total. The summed E-state index contributed by atoms with van der Waals surface area (Å²) in [6.07, 6.45) is 0.225. The van der Waals surface area contributed by atoms with Crippen LogP contribution >= 0.6 is 11.6 Å². The summed E-state index contributed by atoms with van der Waals surface area (Å²) in [4.78, 5) is 22.1. The number of carbonyl (C=O) groups excluding carboxylic acids is 2. The molecule has 2 N–H and O–H groups in total. The highest BCUT2D eigenvalue weighted by atomic mass is 35.5. The van der Waals surface area contributed by atoms with Crippen molar-refractivity contribution in [3.63, 3.8) is 0 Å². The Morgan fingerprint density at radius 3 is 2.65 bits per heavy atom. The summed E-state index contributed by atoms with van der Waals surface area (Å²) in [5.41, 5.74) is 0. The molecule has 17 heavy (non-hydrogen) atoms. The molecule has 0 aliphatic carbocycles. The largest absolute Gasteiger partial charge is 0.465 e. The molecule has 0 saturated carbocycles. The standard InChI is InChI=1S/C11H15ClN2O3/c1-8-2-3-9(17-8)7-14-10(15)4-5-13-11(16)6-12/h2-3H,4-7H2,1H3,(H,13,16)(H,14,15). The van der Waals surface area contributed by atoms with Gasteiger partial charge < -0.3 is 15.1 Å². The Morgan fingerprint density at radius 2 is 2.06 bits per heavy atom. The Balaban J connectivity index is 2.15. The minimum Gasteiger partial charge on any atom is -0.465 e. The molecule has 2 amide bonds. The molecule has 6 heteroatoms. The Bertz CT molecular complexity index is 390. The van der Waals surface area contributed by atoms with Crippen molar-refractivity contribution in [2.45, 2.75) is 19.9 Å². The first kappa shape index (κ1) is 13.6. The van der Waals surface area contributed by atoms with Gasteiger partial charge in [-0.2, -0.15) is 0 Å². The van der Waals surface area contributed by atoms with Crippen LogP contribution in [0.3, 0.4) is 0 Å². The van der Waals surface area contributed by atoms with E-state index in [-0.39, 0.29) is 30.7 Å². The van der Waals surface area contributed by atoms with Crippen molar-refractivity contribution in [2.75, 3.05) is 12.4 Å². The van der Waals surface area contributed by atoms with E-state index < -0.39 is 0 Å². The maximum Gasteiger partial charge on any atom is 0.234 e. The van der Waals surface area contributed by atoms with Gasteiger partial charge in [0.2, 0.25) is 11.8 Å². The summed E-state index contributed by atoms with van der Waals surface area (Å²) >= 11 is 5.29. The fourth-order valence-electron chi connectivity index (χ4n) is 1.22. The molecule has 0 fully saturated rings. The number of furan rings is 1. The van der Waals surface area contributed by atoms with Gasteiger partial charge in [0.15, 0.2) is 0 Å². The zero-order valence-corrected chi connectivity index (χ0v) is 10.3. The van der Waals surface area contributed by atoms with E-state index in [2.05, 4.69) is 10.6 Å². The second-order valence-electron chi connectivity index (χ2n) is 3.52. The van der Waals surface area contributed by atoms with Crippen LogP contribution in [0.2, 0.25) is 0 Å². The first-order valence-corrected chi connectivity index (χ1v) is 5.80. The number of nitrogens with one attached hydrogen (secondary N) is 2. The molecule has 0 bridgehead atoms. The second-order valence-corrected chi connectivity index (χ2v) is 3.79. The van der Waals surface area contributed by atoms with Gasteiger partial charge in [0, 0.05) is 13.0 Å². The first-order chi connectivity index (χ1) is 8.11. The maximum absolute atomic E-state index is 11.4. The predicted molar refractivity (Wildman–Crippen MR) is 63.6 cm³/mol. The van der Waals surface area contributed by atoms with Gasteiger partial charge in [-0.05, 0) is 19.1 Å². The molecule has 1 heterocycles. The highest BCUT2D eigenvalue weighted by molar-refractivity contribution is 6.27. The van der Waals surface area contributed by atoms with E-state index in [9.17, 15) is 9.59 Å². The van der Waals surface area contributed by atoms with Gasteiger partial charge in [0.25, 0.3) is 0 Å². The van der Waals surface area contributed by atoms with E-state index in [0.717, 1.165) is 5.76 Å². The molecule has 1 rings (SSSR count). The summed E-state index contributed by atoms with van der Waals surface area (Å²) in [5.74, 6) is 1.01. The van der Waals surface area contributed by atoms with Crippen molar-refractivity contribution in [2.24, 2.45) is 0 Å². The lowest BCUT2D eigenvalue weighted by atomic mass is 10.3. The average Bonchev–Trinajstić information content (AvgIpc) is 2.72. The normalized spacial score (nSPS) is 10.0. The van der Waals surface area contributed by atoms with E-state index >= 15 is 0 Å². The van der Waals surface area contributed by atoms with Crippen molar-refractivity contribution in [3.05, 3.63) is 23.7 Å².